The molecular formula is C22H21N3. The van der Waals surface area contributed by atoms with Gasteiger partial charge in [0.05, 0.1) is 11.6 Å². The molecule has 124 valence electrons. The molecule has 0 unspecified atom stereocenters. The van der Waals surface area contributed by atoms with Crippen molar-refractivity contribution in [3.63, 3.8) is 0 Å². The number of hydrogen-bond acceptors (Lipinski definition) is 2. The van der Waals surface area contributed by atoms with Crippen molar-refractivity contribution in [2.24, 2.45) is 0 Å². The Hall–Kier alpha value is -3.12. The summed E-state index contributed by atoms with van der Waals surface area (Å²) in [5.74, 6) is 0.906. The lowest BCUT2D eigenvalue weighted by Crippen LogP contribution is -2.01. The molecule has 3 heteroatoms. The number of aryl methyl sites for hydroxylation is 3. The molecule has 0 saturated heterocycles. The highest BCUT2D eigenvalue weighted by Gasteiger charge is 2.11. The average molecular weight is 327 g/mol. The van der Waals surface area contributed by atoms with Crippen LogP contribution in [0.25, 0.3) is 17.5 Å². The second-order valence-electron chi connectivity index (χ2n) is 6.39. The number of hydrogen-bond donors (Lipinski definition) is 0. The molecule has 0 aliphatic heterocycles. The molecule has 1 aromatic carbocycles. The van der Waals surface area contributed by atoms with Crippen LogP contribution in [0, 0.1) is 39.0 Å². The maximum atomic E-state index is 9.59. The number of nitriles is 1. The van der Waals surface area contributed by atoms with Crippen LogP contribution in [-0.4, -0.2) is 9.55 Å². The van der Waals surface area contributed by atoms with E-state index in [-0.39, 0.29) is 0 Å². The SMILES string of the molecule is Cc1ccc(/C(C#N)=C\c2cc(C)n(-c3cc(C)ccn3)c2C)cc1. The quantitative estimate of drug-likeness (QED) is 0.623. The number of nitrogens with zero attached hydrogens (tertiary/aromatic N) is 3. The van der Waals surface area contributed by atoms with Gasteiger partial charge < -0.3 is 4.57 Å². The summed E-state index contributed by atoms with van der Waals surface area (Å²) in [6, 6.07) is 16.5. The van der Waals surface area contributed by atoms with E-state index in [0.29, 0.717) is 5.57 Å². The fraction of sp³-hybridized carbons (Fsp3) is 0.182. The van der Waals surface area contributed by atoms with Crippen LogP contribution in [0.15, 0.2) is 48.7 Å². The lowest BCUT2D eigenvalue weighted by Gasteiger charge is -2.09. The predicted molar refractivity (Wildman–Crippen MR) is 102 cm³/mol. The van der Waals surface area contributed by atoms with Crippen LogP contribution < -0.4 is 0 Å². The predicted octanol–water partition coefficient (Wildman–Crippen LogP) is 5.17. The summed E-state index contributed by atoms with van der Waals surface area (Å²) in [5.41, 5.74) is 7.18. The van der Waals surface area contributed by atoms with Crippen LogP contribution in [0.1, 0.15) is 33.6 Å². The van der Waals surface area contributed by atoms with E-state index in [1.165, 1.54) is 11.1 Å². The second kappa shape index (κ2) is 6.78. The van der Waals surface area contributed by atoms with Crippen molar-refractivity contribution in [2.45, 2.75) is 27.7 Å². The zero-order valence-corrected chi connectivity index (χ0v) is 15.0. The van der Waals surface area contributed by atoms with Crippen LogP contribution in [0.5, 0.6) is 0 Å². The van der Waals surface area contributed by atoms with Gasteiger partial charge in [-0.15, -0.1) is 0 Å². The van der Waals surface area contributed by atoms with E-state index in [1.807, 2.05) is 49.5 Å². The summed E-state index contributed by atoms with van der Waals surface area (Å²) in [4.78, 5) is 4.49. The van der Waals surface area contributed by atoms with Crippen molar-refractivity contribution in [1.82, 2.24) is 9.55 Å². The smallest absolute Gasteiger partial charge is 0.137 e. The maximum absolute atomic E-state index is 9.59. The topological polar surface area (TPSA) is 41.6 Å². The van der Waals surface area contributed by atoms with Gasteiger partial charge in [0.2, 0.25) is 0 Å². The van der Waals surface area contributed by atoms with E-state index in [2.05, 4.69) is 48.5 Å². The van der Waals surface area contributed by atoms with Gasteiger partial charge in [-0.1, -0.05) is 29.8 Å². The van der Waals surface area contributed by atoms with Crippen molar-refractivity contribution in [2.75, 3.05) is 0 Å². The summed E-state index contributed by atoms with van der Waals surface area (Å²) in [7, 11) is 0. The molecule has 0 atom stereocenters. The number of aromatic nitrogens is 2. The number of pyridine rings is 1. The van der Waals surface area contributed by atoms with Gasteiger partial charge in [0.15, 0.2) is 0 Å². The number of benzene rings is 1. The zero-order chi connectivity index (χ0) is 18.0. The van der Waals surface area contributed by atoms with Gasteiger partial charge in [-0.2, -0.15) is 5.26 Å². The van der Waals surface area contributed by atoms with Crippen molar-refractivity contribution in [3.8, 4) is 11.9 Å². The molecule has 0 bridgehead atoms. The van der Waals surface area contributed by atoms with Crippen molar-refractivity contribution < 1.29 is 0 Å². The third-order valence-corrected chi connectivity index (χ3v) is 4.38. The monoisotopic (exact) mass is 327 g/mol. The van der Waals surface area contributed by atoms with Crippen LogP contribution in [-0.2, 0) is 0 Å². The van der Waals surface area contributed by atoms with Gasteiger partial charge in [-0.25, -0.2) is 4.98 Å². The molecule has 0 saturated carbocycles. The first-order valence-electron chi connectivity index (χ1n) is 8.30. The Labute approximate surface area is 148 Å². The van der Waals surface area contributed by atoms with Crippen LogP contribution in [0.3, 0.4) is 0 Å². The summed E-state index contributed by atoms with van der Waals surface area (Å²) < 4.78 is 2.13. The first-order valence-corrected chi connectivity index (χ1v) is 8.30. The van der Waals surface area contributed by atoms with Gasteiger partial charge in [0.1, 0.15) is 5.82 Å². The molecule has 25 heavy (non-hydrogen) atoms. The standard InChI is InChI=1S/C22H21N3/c1-15-5-7-19(8-6-15)21(14-23)13-20-12-17(3)25(18(20)4)22-11-16(2)9-10-24-22/h5-13H,1-4H3/b21-13-. The van der Waals surface area contributed by atoms with Crippen molar-refractivity contribution in [1.29, 1.82) is 5.26 Å². The van der Waals surface area contributed by atoms with E-state index in [0.717, 1.165) is 28.3 Å². The molecule has 2 aromatic heterocycles. The molecule has 3 aromatic rings. The number of allylic oxidation sites excluding steroid dienone is 1. The van der Waals surface area contributed by atoms with Crippen LogP contribution >= 0.6 is 0 Å². The molecular weight excluding hydrogens is 306 g/mol. The summed E-state index contributed by atoms with van der Waals surface area (Å²) in [6.45, 7) is 8.23. The molecule has 3 rings (SSSR count). The van der Waals surface area contributed by atoms with Crippen molar-refractivity contribution >= 4 is 11.6 Å². The Morgan fingerprint density at radius 2 is 1.72 bits per heavy atom. The van der Waals surface area contributed by atoms with E-state index < -0.39 is 0 Å². The Kier molecular flexibility index (Phi) is 4.54. The van der Waals surface area contributed by atoms with E-state index in [1.54, 1.807) is 0 Å². The van der Waals surface area contributed by atoms with Gasteiger partial charge in [-0.3, -0.25) is 0 Å². The molecule has 2 heterocycles. The Bertz CT molecular complexity index is 983. The Morgan fingerprint density at radius 1 is 1.00 bits per heavy atom. The summed E-state index contributed by atoms with van der Waals surface area (Å²) in [6.07, 6.45) is 3.78. The van der Waals surface area contributed by atoms with Gasteiger partial charge in [-0.05, 0) is 68.7 Å². The van der Waals surface area contributed by atoms with E-state index in [9.17, 15) is 5.26 Å². The first kappa shape index (κ1) is 16.7. The Balaban J connectivity index is 2.08. The molecule has 0 fully saturated rings. The molecule has 0 aliphatic rings. The van der Waals surface area contributed by atoms with Gasteiger partial charge in [0, 0.05) is 17.6 Å². The fourth-order valence-corrected chi connectivity index (χ4v) is 3.00. The molecule has 0 aliphatic carbocycles. The fourth-order valence-electron chi connectivity index (χ4n) is 3.00. The Morgan fingerprint density at radius 3 is 2.36 bits per heavy atom. The molecule has 0 amide bonds. The minimum atomic E-state index is 0.664. The highest BCUT2D eigenvalue weighted by atomic mass is 15.1. The largest absolute Gasteiger partial charge is 0.303 e. The minimum Gasteiger partial charge on any atom is -0.303 e. The normalized spacial score (nSPS) is 11.4. The van der Waals surface area contributed by atoms with Crippen LogP contribution in [0.4, 0.5) is 0 Å². The van der Waals surface area contributed by atoms with E-state index in [4.69, 9.17) is 0 Å². The third kappa shape index (κ3) is 3.39. The van der Waals surface area contributed by atoms with Crippen molar-refractivity contribution in [3.05, 3.63) is 82.3 Å². The summed E-state index contributed by atoms with van der Waals surface area (Å²) in [5, 5.41) is 9.59. The highest BCUT2D eigenvalue weighted by molar-refractivity contribution is 5.90. The summed E-state index contributed by atoms with van der Waals surface area (Å²) >= 11 is 0. The lowest BCUT2D eigenvalue weighted by atomic mass is 10.0. The average Bonchev–Trinajstić information content (AvgIpc) is 2.87. The maximum Gasteiger partial charge on any atom is 0.137 e. The lowest BCUT2D eigenvalue weighted by molar-refractivity contribution is 0.918. The van der Waals surface area contributed by atoms with Crippen LogP contribution in [0.2, 0.25) is 0 Å². The minimum absolute atomic E-state index is 0.664. The molecule has 0 radical (unpaired) electrons. The second-order valence-corrected chi connectivity index (χ2v) is 6.39. The third-order valence-electron chi connectivity index (χ3n) is 4.38. The first-order chi connectivity index (χ1) is 12.0. The molecule has 3 nitrogen and oxygen atoms in total. The molecule has 0 spiro atoms. The van der Waals surface area contributed by atoms with Gasteiger partial charge >= 0.3 is 0 Å². The highest BCUT2D eigenvalue weighted by Crippen LogP contribution is 2.25. The zero-order valence-electron chi connectivity index (χ0n) is 15.0. The number of rotatable bonds is 3. The van der Waals surface area contributed by atoms with E-state index >= 15 is 0 Å². The van der Waals surface area contributed by atoms with Gasteiger partial charge in [0.25, 0.3) is 0 Å². The molecule has 0 N–H and O–H groups in total.